The van der Waals surface area contributed by atoms with Gasteiger partial charge in [0.25, 0.3) is 0 Å². The van der Waals surface area contributed by atoms with Crippen LogP contribution in [0.25, 0.3) is 0 Å². The summed E-state index contributed by atoms with van der Waals surface area (Å²) in [4.78, 5) is 55.1. The van der Waals surface area contributed by atoms with Gasteiger partial charge in [-0.3, -0.25) is 19.3 Å². The first-order valence-corrected chi connectivity index (χ1v) is 14.1. The number of carbonyl (C=O) groups excluding carboxylic acids is 4. The maximum absolute atomic E-state index is 13.9. The zero-order valence-electron chi connectivity index (χ0n) is 23.1. The van der Waals surface area contributed by atoms with Crippen molar-refractivity contribution < 1.29 is 23.9 Å². The van der Waals surface area contributed by atoms with Crippen molar-refractivity contribution in [1.29, 1.82) is 0 Å². The first-order valence-electron chi connectivity index (χ1n) is 14.1. The van der Waals surface area contributed by atoms with Gasteiger partial charge in [-0.25, -0.2) is 4.79 Å². The van der Waals surface area contributed by atoms with Crippen LogP contribution in [0.4, 0.5) is 5.69 Å². The second-order valence-corrected chi connectivity index (χ2v) is 12.1. The highest BCUT2D eigenvalue weighted by Crippen LogP contribution is 2.60. The SMILES string of the molecule is CC12CCC(C(=O)N(C(Cc3ccccc3)C(=O)Nc3ccc(C(=O)OC4CCCCC4)cc3)C1=O)C2(C)C. The first-order chi connectivity index (χ1) is 18.6. The van der Waals surface area contributed by atoms with Crippen LogP contribution in [-0.4, -0.2) is 40.7 Å². The molecule has 2 aromatic carbocycles. The minimum atomic E-state index is -0.987. The number of anilines is 1. The number of benzene rings is 2. The molecule has 7 heteroatoms. The topological polar surface area (TPSA) is 92.8 Å². The number of carbonyl (C=O) groups is 4. The fourth-order valence-electron chi connectivity index (χ4n) is 6.60. The monoisotopic (exact) mass is 530 g/mol. The molecule has 2 aromatic rings. The summed E-state index contributed by atoms with van der Waals surface area (Å²) in [7, 11) is 0. The molecule has 1 saturated heterocycles. The van der Waals surface area contributed by atoms with E-state index in [-0.39, 0.29) is 36.2 Å². The highest BCUT2D eigenvalue weighted by Gasteiger charge is 2.65. The molecular weight excluding hydrogens is 492 g/mol. The molecule has 3 amide bonds. The molecule has 5 rings (SSSR count). The van der Waals surface area contributed by atoms with Gasteiger partial charge in [-0.05, 0) is 73.8 Å². The maximum atomic E-state index is 13.9. The molecule has 3 fully saturated rings. The number of imide groups is 1. The average molecular weight is 531 g/mol. The van der Waals surface area contributed by atoms with Gasteiger partial charge in [-0.15, -0.1) is 0 Å². The molecule has 0 aromatic heterocycles. The average Bonchev–Trinajstić information content (AvgIpc) is 3.12. The lowest BCUT2D eigenvalue weighted by Gasteiger charge is -2.49. The molecule has 3 unspecified atom stereocenters. The predicted molar refractivity (Wildman–Crippen MR) is 148 cm³/mol. The van der Waals surface area contributed by atoms with Crippen molar-refractivity contribution in [1.82, 2.24) is 4.90 Å². The van der Waals surface area contributed by atoms with Crippen LogP contribution in [0.1, 0.15) is 81.6 Å². The number of hydrogen-bond acceptors (Lipinski definition) is 5. The molecule has 2 aliphatic carbocycles. The number of likely N-dealkylation sites (tertiary alicyclic amines) is 1. The van der Waals surface area contributed by atoms with E-state index in [2.05, 4.69) is 5.32 Å². The number of nitrogens with one attached hydrogen (secondary N) is 1. The summed E-state index contributed by atoms with van der Waals surface area (Å²) in [6.45, 7) is 5.91. The smallest absolute Gasteiger partial charge is 0.338 e. The van der Waals surface area contributed by atoms with Crippen molar-refractivity contribution in [2.24, 2.45) is 16.7 Å². The van der Waals surface area contributed by atoms with Gasteiger partial charge in [-0.2, -0.15) is 0 Å². The Labute approximate surface area is 230 Å². The summed E-state index contributed by atoms with van der Waals surface area (Å²) in [5.41, 5.74) is 0.599. The van der Waals surface area contributed by atoms with Crippen LogP contribution in [-0.2, 0) is 25.5 Å². The van der Waals surface area contributed by atoms with Gasteiger partial charge >= 0.3 is 5.97 Å². The van der Waals surface area contributed by atoms with Gasteiger partial charge in [-0.1, -0.05) is 57.5 Å². The molecule has 1 heterocycles. The molecule has 2 saturated carbocycles. The fourth-order valence-corrected chi connectivity index (χ4v) is 6.60. The van der Waals surface area contributed by atoms with Gasteiger partial charge in [0.15, 0.2) is 0 Å². The molecule has 1 N–H and O–H groups in total. The third kappa shape index (κ3) is 4.99. The molecule has 0 radical (unpaired) electrons. The number of piperidine rings is 1. The van der Waals surface area contributed by atoms with E-state index in [4.69, 9.17) is 4.74 Å². The predicted octanol–water partition coefficient (Wildman–Crippen LogP) is 5.54. The van der Waals surface area contributed by atoms with E-state index in [1.165, 1.54) is 11.3 Å². The number of fused-ring (bicyclic) bond motifs is 2. The second-order valence-electron chi connectivity index (χ2n) is 12.1. The molecule has 3 atom stereocenters. The normalized spacial score (nSPS) is 25.3. The molecule has 1 aliphatic heterocycles. The van der Waals surface area contributed by atoms with Crippen LogP contribution in [0.5, 0.6) is 0 Å². The number of rotatable bonds is 7. The summed E-state index contributed by atoms with van der Waals surface area (Å²) in [6.07, 6.45) is 6.58. The Hall–Kier alpha value is -3.48. The fraction of sp³-hybridized carbons (Fsp3) is 0.500. The van der Waals surface area contributed by atoms with Gasteiger partial charge in [0.05, 0.1) is 11.0 Å². The first kappa shape index (κ1) is 27.1. The Kier molecular flexibility index (Phi) is 7.36. The van der Waals surface area contributed by atoms with Crippen molar-refractivity contribution in [3.8, 4) is 0 Å². The van der Waals surface area contributed by atoms with Gasteiger partial charge in [0.1, 0.15) is 12.1 Å². The number of nitrogens with zero attached hydrogens (tertiary/aromatic N) is 1. The zero-order valence-corrected chi connectivity index (χ0v) is 23.1. The number of hydrogen-bond donors (Lipinski definition) is 1. The largest absolute Gasteiger partial charge is 0.459 e. The molecule has 39 heavy (non-hydrogen) atoms. The van der Waals surface area contributed by atoms with Crippen molar-refractivity contribution in [2.45, 2.75) is 84.3 Å². The van der Waals surface area contributed by atoms with Crippen molar-refractivity contribution in [3.63, 3.8) is 0 Å². The Balaban J connectivity index is 1.36. The van der Waals surface area contributed by atoms with E-state index in [0.717, 1.165) is 31.2 Å². The molecular formula is C32H38N2O5. The van der Waals surface area contributed by atoms with E-state index in [0.29, 0.717) is 24.1 Å². The van der Waals surface area contributed by atoms with E-state index in [1.807, 2.05) is 51.1 Å². The highest BCUT2D eigenvalue weighted by atomic mass is 16.5. The minimum absolute atomic E-state index is 0.0360. The Morgan fingerprint density at radius 3 is 2.28 bits per heavy atom. The molecule has 7 nitrogen and oxygen atoms in total. The van der Waals surface area contributed by atoms with E-state index in [1.54, 1.807) is 24.3 Å². The van der Waals surface area contributed by atoms with Crippen LogP contribution < -0.4 is 5.32 Å². The quantitative estimate of drug-likeness (QED) is 0.375. The summed E-state index contributed by atoms with van der Waals surface area (Å²) in [5.74, 6) is -1.64. The lowest BCUT2D eigenvalue weighted by atomic mass is 9.62. The standard InChI is InChI=1S/C32H38N2O5/c1-31(2)25-18-19-32(31,3)30(38)34(28(25)36)26(20-21-10-6-4-7-11-21)27(35)33-23-16-14-22(15-17-23)29(37)39-24-12-8-5-9-13-24/h4,6-7,10-11,14-17,24-26H,5,8-9,12-13,18-20H2,1-3H3,(H,33,35). The van der Waals surface area contributed by atoms with Crippen LogP contribution in [0.2, 0.25) is 0 Å². The summed E-state index contributed by atoms with van der Waals surface area (Å²) < 4.78 is 5.65. The second kappa shape index (κ2) is 10.6. The third-order valence-electron chi connectivity index (χ3n) is 9.55. The van der Waals surface area contributed by atoms with Crippen LogP contribution in [0.15, 0.2) is 54.6 Å². The minimum Gasteiger partial charge on any atom is -0.459 e. The van der Waals surface area contributed by atoms with Gasteiger partial charge in [0.2, 0.25) is 17.7 Å². The third-order valence-corrected chi connectivity index (χ3v) is 9.55. The van der Waals surface area contributed by atoms with Crippen molar-refractivity contribution in [2.75, 3.05) is 5.32 Å². The molecule has 3 aliphatic rings. The summed E-state index contributed by atoms with van der Waals surface area (Å²) >= 11 is 0. The Bertz CT molecular complexity index is 1250. The van der Waals surface area contributed by atoms with Crippen molar-refractivity contribution >= 4 is 29.4 Å². The lowest BCUT2D eigenvalue weighted by Crippen LogP contribution is -2.64. The number of ether oxygens (including phenoxy) is 1. The Morgan fingerprint density at radius 2 is 1.62 bits per heavy atom. The van der Waals surface area contributed by atoms with Crippen LogP contribution >= 0.6 is 0 Å². The van der Waals surface area contributed by atoms with Crippen molar-refractivity contribution in [3.05, 3.63) is 65.7 Å². The van der Waals surface area contributed by atoms with E-state index in [9.17, 15) is 19.2 Å². The lowest BCUT2D eigenvalue weighted by molar-refractivity contribution is -0.172. The number of amides is 3. The summed E-state index contributed by atoms with van der Waals surface area (Å²) in [5, 5.41) is 2.89. The van der Waals surface area contributed by atoms with Gasteiger partial charge < -0.3 is 10.1 Å². The zero-order chi connectivity index (χ0) is 27.8. The summed E-state index contributed by atoms with van der Waals surface area (Å²) in [6, 6.07) is 15.0. The maximum Gasteiger partial charge on any atom is 0.338 e. The molecule has 0 spiro atoms. The highest BCUT2D eigenvalue weighted by molar-refractivity contribution is 6.09. The van der Waals surface area contributed by atoms with Crippen LogP contribution in [0, 0.1) is 16.7 Å². The molecule has 2 bridgehead atoms. The van der Waals surface area contributed by atoms with E-state index >= 15 is 0 Å². The number of esters is 1. The molecule has 206 valence electrons. The Morgan fingerprint density at radius 1 is 0.949 bits per heavy atom. The van der Waals surface area contributed by atoms with E-state index < -0.39 is 22.8 Å². The van der Waals surface area contributed by atoms with Crippen LogP contribution in [0.3, 0.4) is 0 Å². The van der Waals surface area contributed by atoms with Gasteiger partial charge in [0, 0.05) is 18.0 Å².